The Kier molecular flexibility index (Phi) is 41.7. The van der Waals surface area contributed by atoms with Crippen LogP contribution in [-0.2, 0) is 32.7 Å². The Morgan fingerprint density at radius 1 is 0.500 bits per heavy atom. The van der Waals surface area contributed by atoms with E-state index in [9.17, 15) is 19.0 Å². The quantitative estimate of drug-likeness (QED) is 0.0195. The number of hydrogen-bond acceptors (Lipinski definition) is 8. The van der Waals surface area contributed by atoms with Gasteiger partial charge >= 0.3 is 11.9 Å². The molecule has 0 aromatic carbocycles. The van der Waals surface area contributed by atoms with Crippen molar-refractivity contribution in [3.05, 3.63) is 24.3 Å². The van der Waals surface area contributed by atoms with E-state index in [1.165, 1.54) is 154 Å². The molecule has 0 aromatic rings. The van der Waals surface area contributed by atoms with Gasteiger partial charge in [0.05, 0.1) is 27.7 Å². The third-order valence-electron chi connectivity index (χ3n) is 11.0. The predicted octanol–water partition coefficient (Wildman–Crippen LogP) is 14.1. The van der Waals surface area contributed by atoms with Gasteiger partial charge in [0.15, 0.2) is 6.10 Å². The van der Waals surface area contributed by atoms with Crippen LogP contribution in [0.15, 0.2) is 24.3 Å². The standard InChI is InChI=1S/C50H96NO8P/c1-6-8-10-12-14-16-18-20-21-22-23-24-25-26-27-28-29-31-33-35-37-39-41-43-50(53)59-48(47-58-60(54,55)57-45-44-51(3,4)5)46-56-49(52)42-40-38-36-34-32-30-19-17-15-13-11-9-7-2/h28-29,35,37,48H,6-27,30-34,36,38-47H2,1-5H3/b29-28-,37-35-/t48-/m1/s1. The van der Waals surface area contributed by atoms with Gasteiger partial charge in [-0.3, -0.25) is 14.2 Å². The van der Waals surface area contributed by atoms with Gasteiger partial charge < -0.3 is 27.9 Å². The zero-order valence-electron chi connectivity index (χ0n) is 39.9. The third-order valence-corrected chi connectivity index (χ3v) is 11.9. The normalized spacial score (nSPS) is 13.6. The van der Waals surface area contributed by atoms with E-state index in [2.05, 4.69) is 38.2 Å². The van der Waals surface area contributed by atoms with Crippen molar-refractivity contribution in [1.82, 2.24) is 0 Å². The highest BCUT2D eigenvalue weighted by Gasteiger charge is 2.21. The zero-order valence-corrected chi connectivity index (χ0v) is 40.8. The fourth-order valence-electron chi connectivity index (χ4n) is 7.03. The molecule has 0 radical (unpaired) electrons. The molecule has 10 heteroatoms. The van der Waals surface area contributed by atoms with Crippen LogP contribution in [-0.4, -0.2) is 70.0 Å². The molecule has 0 heterocycles. The average Bonchev–Trinajstić information content (AvgIpc) is 3.20. The summed E-state index contributed by atoms with van der Waals surface area (Å²) in [6.07, 6.45) is 48.0. The van der Waals surface area contributed by atoms with E-state index in [1.807, 2.05) is 21.1 Å². The van der Waals surface area contributed by atoms with Gasteiger partial charge in [0, 0.05) is 12.8 Å². The minimum atomic E-state index is -4.63. The number of ether oxygens (including phenoxy) is 2. The average molecular weight is 870 g/mol. The second-order valence-electron chi connectivity index (χ2n) is 18.2. The van der Waals surface area contributed by atoms with Gasteiger partial charge in [0.2, 0.25) is 0 Å². The van der Waals surface area contributed by atoms with Gasteiger partial charge in [0.25, 0.3) is 7.82 Å². The maximum Gasteiger partial charge on any atom is 0.306 e. The topological polar surface area (TPSA) is 111 Å². The van der Waals surface area contributed by atoms with Crippen molar-refractivity contribution >= 4 is 19.8 Å². The van der Waals surface area contributed by atoms with E-state index in [0.29, 0.717) is 17.4 Å². The summed E-state index contributed by atoms with van der Waals surface area (Å²) in [5.41, 5.74) is 0. The molecular formula is C50H96NO8P. The minimum Gasteiger partial charge on any atom is -0.756 e. The van der Waals surface area contributed by atoms with Gasteiger partial charge in [-0.15, -0.1) is 0 Å². The number of phosphoric ester groups is 1. The molecule has 60 heavy (non-hydrogen) atoms. The number of hydrogen-bond donors (Lipinski definition) is 0. The van der Waals surface area contributed by atoms with Crippen LogP contribution in [0.2, 0.25) is 0 Å². The lowest BCUT2D eigenvalue weighted by Gasteiger charge is -2.28. The first kappa shape index (κ1) is 58.5. The number of carbonyl (C=O) groups excluding carboxylic acids is 2. The molecule has 2 atom stereocenters. The van der Waals surface area contributed by atoms with Crippen LogP contribution < -0.4 is 4.89 Å². The highest BCUT2D eigenvalue weighted by Crippen LogP contribution is 2.38. The fraction of sp³-hybridized carbons (Fsp3) is 0.880. The molecule has 354 valence electrons. The van der Waals surface area contributed by atoms with Crippen LogP contribution in [0.4, 0.5) is 0 Å². The molecule has 0 N–H and O–H groups in total. The lowest BCUT2D eigenvalue weighted by Crippen LogP contribution is -2.37. The van der Waals surface area contributed by atoms with Crippen LogP contribution in [0.1, 0.15) is 232 Å². The monoisotopic (exact) mass is 870 g/mol. The van der Waals surface area contributed by atoms with Gasteiger partial charge in [-0.25, -0.2) is 0 Å². The van der Waals surface area contributed by atoms with E-state index in [4.69, 9.17) is 18.5 Å². The Morgan fingerprint density at radius 2 is 0.883 bits per heavy atom. The van der Waals surface area contributed by atoms with E-state index in [-0.39, 0.29) is 26.1 Å². The molecule has 0 aliphatic carbocycles. The summed E-state index contributed by atoms with van der Waals surface area (Å²) in [4.78, 5) is 37.6. The molecule has 0 amide bonds. The second kappa shape index (κ2) is 42.8. The lowest BCUT2D eigenvalue weighted by molar-refractivity contribution is -0.870. The van der Waals surface area contributed by atoms with Crippen molar-refractivity contribution in [1.29, 1.82) is 0 Å². The van der Waals surface area contributed by atoms with E-state index in [1.54, 1.807) is 0 Å². The molecule has 0 aromatic heterocycles. The number of carbonyl (C=O) groups is 2. The smallest absolute Gasteiger partial charge is 0.306 e. The summed E-state index contributed by atoms with van der Waals surface area (Å²) < 4.78 is 33.9. The number of unbranched alkanes of at least 4 members (excludes halogenated alkanes) is 28. The van der Waals surface area contributed by atoms with Crippen molar-refractivity contribution in [3.63, 3.8) is 0 Å². The maximum absolute atomic E-state index is 12.7. The number of allylic oxidation sites excluding steroid dienone is 4. The molecule has 0 spiro atoms. The van der Waals surface area contributed by atoms with Gasteiger partial charge in [-0.1, -0.05) is 199 Å². The fourth-order valence-corrected chi connectivity index (χ4v) is 7.76. The Balaban J connectivity index is 4.27. The summed E-state index contributed by atoms with van der Waals surface area (Å²) in [7, 11) is 1.15. The highest BCUT2D eigenvalue weighted by molar-refractivity contribution is 7.45. The van der Waals surface area contributed by atoms with Crippen molar-refractivity contribution in [2.45, 2.75) is 238 Å². The summed E-state index contributed by atoms with van der Waals surface area (Å²) in [5, 5.41) is 0. The first-order chi connectivity index (χ1) is 29.0. The van der Waals surface area contributed by atoms with Gasteiger partial charge in [0.1, 0.15) is 19.8 Å². The van der Waals surface area contributed by atoms with Crippen molar-refractivity contribution in [2.24, 2.45) is 0 Å². The highest BCUT2D eigenvalue weighted by atomic mass is 31.2. The number of esters is 2. The molecule has 0 saturated heterocycles. The molecule has 9 nitrogen and oxygen atoms in total. The van der Waals surface area contributed by atoms with Crippen LogP contribution in [0.25, 0.3) is 0 Å². The minimum absolute atomic E-state index is 0.0355. The molecular weight excluding hydrogens is 774 g/mol. The van der Waals surface area contributed by atoms with E-state index >= 15 is 0 Å². The molecule has 0 rings (SSSR count). The third kappa shape index (κ3) is 46.0. The Labute approximate surface area is 370 Å². The number of rotatable bonds is 46. The SMILES string of the molecule is CCCCCCCCCCCCCCCC/C=C\CC/C=C\CCCC(=O)O[C@H](COC(=O)CCCCCCCCCCCCCCC)COP(=O)([O-])OCC[N+](C)(C)C. The summed E-state index contributed by atoms with van der Waals surface area (Å²) in [6.45, 7) is 4.22. The number of likely N-dealkylation sites (N-methyl/N-ethyl adjacent to an activating group) is 1. The van der Waals surface area contributed by atoms with Crippen LogP contribution in [0.5, 0.6) is 0 Å². The Hall–Kier alpha value is -1.51. The zero-order chi connectivity index (χ0) is 44.3. The van der Waals surface area contributed by atoms with Crippen LogP contribution >= 0.6 is 7.82 Å². The first-order valence-electron chi connectivity index (χ1n) is 25.0. The number of nitrogens with zero attached hydrogens (tertiary/aromatic N) is 1. The Morgan fingerprint density at radius 3 is 1.33 bits per heavy atom. The van der Waals surface area contributed by atoms with Crippen molar-refractivity contribution in [3.8, 4) is 0 Å². The number of quaternary nitrogens is 1. The molecule has 0 saturated carbocycles. The predicted molar refractivity (Wildman–Crippen MR) is 250 cm³/mol. The summed E-state index contributed by atoms with van der Waals surface area (Å²) in [5.74, 6) is -0.874. The molecule has 0 aliphatic rings. The van der Waals surface area contributed by atoms with Crippen molar-refractivity contribution in [2.75, 3.05) is 47.5 Å². The van der Waals surface area contributed by atoms with Gasteiger partial charge in [-0.2, -0.15) is 0 Å². The second-order valence-corrected chi connectivity index (χ2v) is 19.6. The van der Waals surface area contributed by atoms with E-state index in [0.717, 1.165) is 44.9 Å². The lowest BCUT2D eigenvalue weighted by atomic mass is 10.0. The van der Waals surface area contributed by atoms with E-state index < -0.39 is 32.5 Å². The molecule has 0 fully saturated rings. The summed E-state index contributed by atoms with van der Waals surface area (Å²) in [6, 6.07) is 0. The van der Waals surface area contributed by atoms with Crippen LogP contribution in [0, 0.1) is 0 Å². The molecule has 0 aliphatic heterocycles. The van der Waals surface area contributed by atoms with Crippen LogP contribution in [0.3, 0.4) is 0 Å². The van der Waals surface area contributed by atoms with Gasteiger partial charge in [-0.05, 0) is 44.9 Å². The number of phosphoric acid groups is 1. The largest absolute Gasteiger partial charge is 0.756 e. The van der Waals surface area contributed by atoms with Crippen molar-refractivity contribution < 1.29 is 42.1 Å². The first-order valence-corrected chi connectivity index (χ1v) is 26.5. The molecule has 0 bridgehead atoms. The Bertz CT molecular complexity index is 1070. The molecule has 1 unspecified atom stereocenters. The maximum atomic E-state index is 12.7. The summed E-state index contributed by atoms with van der Waals surface area (Å²) >= 11 is 0.